The van der Waals surface area contributed by atoms with Crippen molar-refractivity contribution in [2.45, 2.75) is 56.8 Å². The van der Waals surface area contributed by atoms with Crippen molar-refractivity contribution in [2.75, 3.05) is 7.11 Å². The molecule has 4 aromatic rings. The summed E-state index contributed by atoms with van der Waals surface area (Å²) in [6, 6.07) is 18.9. The van der Waals surface area contributed by atoms with Gasteiger partial charge in [0.2, 0.25) is 0 Å². The third-order valence-corrected chi connectivity index (χ3v) is 8.17. The van der Waals surface area contributed by atoms with E-state index in [-0.39, 0.29) is 23.2 Å². The van der Waals surface area contributed by atoms with Crippen LogP contribution in [0.15, 0.2) is 65.6 Å². The first-order valence-electron chi connectivity index (χ1n) is 12.5. The summed E-state index contributed by atoms with van der Waals surface area (Å²) in [4.78, 5) is 13.0. The van der Waals surface area contributed by atoms with Crippen LogP contribution in [0.4, 0.5) is 0 Å². The number of thioether (sulfide) groups is 1. The fourth-order valence-electron chi connectivity index (χ4n) is 4.48. The predicted molar refractivity (Wildman–Crippen MR) is 158 cm³/mol. The van der Waals surface area contributed by atoms with Gasteiger partial charge in [0, 0.05) is 9.64 Å². The highest BCUT2D eigenvalue weighted by Gasteiger charge is 2.25. The molecule has 0 saturated heterocycles. The average Bonchev–Trinajstić information content (AvgIpc) is 3.30. The number of para-hydroxylation sites is 1. The minimum absolute atomic E-state index is 0.137. The third-order valence-electron chi connectivity index (χ3n) is 6.34. The first kappa shape index (κ1) is 29.0. The molecule has 0 N–H and O–H groups in total. The molecule has 0 unspecified atom stereocenters. The van der Waals surface area contributed by atoms with Crippen LogP contribution in [0, 0.1) is 6.92 Å². The van der Waals surface area contributed by atoms with E-state index in [2.05, 4.69) is 51.0 Å². The second-order valence-corrected chi connectivity index (χ2v) is 12.5. The number of carbonyl (C=O) groups is 1. The van der Waals surface area contributed by atoms with Crippen molar-refractivity contribution >= 4 is 40.9 Å². The smallest absolute Gasteiger partial charge is 0.337 e. The normalized spacial score (nSPS) is 11.6. The van der Waals surface area contributed by atoms with Gasteiger partial charge in [-0.1, -0.05) is 60.5 Å². The highest BCUT2D eigenvalue weighted by molar-refractivity contribution is 8.00. The number of rotatable bonds is 9. The van der Waals surface area contributed by atoms with Crippen molar-refractivity contribution in [1.29, 1.82) is 0 Å². The van der Waals surface area contributed by atoms with Gasteiger partial charge >= 0.3 is 5.97 Å². The van der Waals surface area contributed by atoms with Crippen molar-refractivity contribution in [3.8, 4) is 11.4 Å². The zero-order chi connectivity index (χ0) is 28.3. The minimum Gasteiger partial charge on any atom is -0.487 e. The molecule has 0 saturated carbocycles. The number of hydrogen-bond acceptors (Lipinski definition) is 6. The van der Waals surface area contributed by atoms with E-state index in [9.17, 15) is 4.79 Å². The summed E-state index contributed by atoms with van der Waals surface area (Å²) in [5.74, 6) is 0.526. The number of halogens is 2. The molecule has 0 atom stereocenters. The Labute approximate surface area is 243 Å². The molecule has 1 aromatic heterocycles. The van der Waals surface area contributed by atoms with E-state index < -0.39 is 0 Å². The van der Waals surface area contributed by atoms with Gasteiger partial charge in [0.15, 0.2) is 0 Å². The van der Waals surface area contributed by atoms with Gasteiger partial charge in [-0.3, -0.25) is 0 Å². The van der Waals surface area contributed by atoms with E-state index in [0.717, 1.165) is 27.6 Å². The van der Waals surface area contributed by atoms with Crippen LogP contribution < -0.4 is 4.74 Å². The summed E-state index contributed by atoms with van der Waals surface area (Å²) < 4.78 is 12.5. The monoisotopic (exact) mass is 583 g/mol. The Morgan fingerprint density at radius 3 is 2.38 bits per heavy atom. The summed E-state index contributed by atoms with van der Waals surface area (Å²) in [6.45, 7) is 10.8. The molecule has 4 rings (SSSR count). The summed E-state index contributed by atoms with van der Waals surface area (Å²) in [6.07, 6.45) is 0. The van der Waals surface area contributed by atoms with Gasteiger partial charge in [-0.15, -0.1) is 16.9 Å². The average molecular weight is 585 g/mol. The fourth-order valence-corrected chi connectivity index (χ4v) is 6.29. The highest BCUT2D eigenvalue weighted by Crippen LogP contribution is 2.43. The Balaban J connectivity index is 1.56. The molecule has 0 aliphatic rings. The van der Waals surface area contributed by atoms with Gasteiger partial charge in [-0.2, -0.15) is 0 Å². The van der Waals surface area contributed by atoms with Crippen molar-refractivity contribution < 1.29 is 14.3 Å². The number of ether oxygens (including phenoxy) is 2. The molecule has 3 aromatic carbocycles. The summed E-state index contributed by atoms with van der Waals surface area (Å²) in [7, 11) is 1.39. The maximum Gasteiger partial charge on any atom is 0.337 e. The molecule has 204 valence electrons. The Morgan fingerprint density at radius 2 is 1.74 bits per heavy atom. The Bertz CT molecular complexity index is 1480. The number of nitrogens with zero attached hydrogens (tertiary/aromatic N) is 3. The van der Waals surface area contributed by atoms with Gasteiger partial charge in [-0.25, -0.2) is 9.48 Å². The lowest BCUT2D eigenvalue weighted by molar-refractivity contribution is 0.0600. The molecule has 0 amide bonds. The second kappa shape index (κ2) is 12.0. The SMILES string of the molecule is COC(=O)c1cccc(SC(C)(C)c2ccc(OCc3c(C(C)C)nnn3-c3c(Cl)cccc3Cl)cc2C)c1. The minimum atomic E-state index is -0.345. The van der Waals surface area contributed by atoms with Crippen LogP contribution in [0.25, 0.3) is 5.69 Å². The maximum absolute atomic E-state index is 12.0. The van der Waals surface area contributed by atoms with E-state index in [1.165, 1.54) is 12.7 Å². The van der Waals surface area contributed by atoms with Gasteiger partial charge in [0.25, 0.3) is 0 Å². The van der Waals surface area contributed by atoms with Crippen LogP contribution >= 0.6 is 35.0 Å². The second-order valence-electron chi connectivity index (χ2n) is 9.96. The summed E-state index contributed by atoms with van der Waals surface area (Å²) in [5.41, 5.74) is 5.00. The van der Waals surface area contributed by atoms with Gasteiger partial charge in [0.1, 0.15) is 23.7 Å². The van der Waals surface area contributed by atoms with E-state index in [1.54, 1.807) is 40.7 Å². The lowest BCUT2D eigenvalue weighted by atomic mass is 9.97. The molecule has 0 bridgehead atoms. The molecular formula is C30H31Cl2N3O3S. The van der Waals surface area contributed by atoms with Gasteiger partial charge in [0.05, 0.1) is 28.4 Å². The van der Waals surface area contributed by atoms with Crippen LogP contribution in [0.3, 0.4) is 0 Å². The number of hydrogen-bond donors (Lipinski definition) is 0. The molecule has 9 heteroatoms. The van der Waals surface area contributed by atoms with Crippen molar-refractivity contribution in [2.24, 2.45) is 0 Å². The first-order valence-corrected chi connectivity index (χ1v) is 14.1. The molecule has 6 nitrogen and oxygen atoms in total. The quantitative estimate of drug-likeness (QED) is 0.145. The third kappa shape index (κ3) is 6.43. The number of methoxy groups -OCH3 is 1. The van der Waals surface area contributed by atoms with E-state index in [4.69, 9.17) is 32.7 Å². The number of esters is 1. The Morgan fingerprint density at radius 1 is 1.05 bits per heavy atom. The van der Waals surface area contributed by atoms with Gasteiger partial charge < -0.3 is 9.47 Å². The number of carbonyl (C=O) groups excluding carboxylic acids is 1. The number of aryl methyl sites for hydroxylation is 1. The molecule has 39 heavy (non-hydrogen) atoms. The Kier molecular flexibility index (Phi) is 8.94. The maximum atomic E-state index is 12.0. The van der Waals surface area contributed by atoms with E-state index in [1.807, 2.05) is 30.3 Å². The Hall–Kier alpha value is -3.00. The van der Waals surface area contributed by atoms with Crippen molar-refractivity contribution in [3.63, 3.8) is 0 Å². The molecule has 1 heterocycles. The first-order chi connectivity index (χ1) is 18.5. The zero-order valence-electron chi connectivity index (χ0n) is 22.8. The van der Waals surface area contributed by atoms with Crippen LogP contribution in [0.1, 0.15) is 66.5 Å². The number of aromatic nitrogens is 3. The largest absolute Gasteiger partial charge is 0.487 e. The van der Waals surface area contributed by atoms with Gasteiger partial charge in [-0.05, 0) is 80.3 Å². The molecule has 0 aliphatic carbocycles. The number of benzene rings is 3. The van der Waals surface area contributed by atoms with Crippen LogP contribution in [0.5, 0.6) is 5.75 Å². The van der Waals surface area contributed by atoms with E-state index >= 15 is 0 Å². The molecule has 0 fully saturated rings. The van der Waals surface area contributed by atoms with Crippen LogP contribution in [0.2, 0.25) is 10.0 Å². The van der Waals surface area contributed by atoms with Crippen LogP contribution in [-0.4, -0.2) is 28.1 Å². The summed E-state index contributed by atoms with van der Waals surface area (Å²) in [5, 5.41) is 9.72. The van der Waals surface area contributed by atoms with E-state index in [0.29, 0.717) is 21.3 Å². The molecule has 0 spiro atoms. The lowest BCUT2D eigenvalue weighted by Gasteiger charge is -2.27. The van der Waals surface area contributed by atoms with Crippen LogP contribution in [-0.2, 0) is 16.1 Å². The molecular weight excluding hydrogens is 553 g/mol. The predicted octanol–water partition coefficient (Wildman–Crippen LogP) is 8.40. The standard InChI is InChI=1S/C30H31Cl2N3O3S/c1-18(2)27-26(35(34-33-27)28-24(31)11-8-12-25(28)32)17-38-21-13-14-23(19(3)15-21)30(4,5)39-22-10-7-9-20(16-22)29(36)37-6/h7-16,18H,17H2,1-6H3. The zero-order valence-corrected chi connectivity index (χ0v) is 25.1. The van der Waals surface area contributed by atoms with Crippen molar-refractivity contribution in [3.05, 3.63) is 98.8 Å². The fraction of sp³-hybridized carbons (Fsp3) is 0.300. The molecule has 0 aliphatic heterocycles. The highest BCUT2D eigenvalue weighted by atomic mass is 35.5. The summed E-state index contributed by atoms with van der Waals surface area (Å²) >= 11 is 14.6. The lowest BCUT2D eigenvalue weighted by Crippen LogP contribution is -2.14. The topological polar surface area (TPSA) is 66.2 Å². The molecule has 0 radical (unpaired) electrons. The van der Waals surface area contributed by atoms with Crippen molar-refractivity contribution in [1.82, 2.24) is 15.0 Å².